The highest BCUT2D eigenvalue weighted by Crippen LogP contribution is 2.27. The van der Waals surface area contributed by atoms with E-state index in [9.17, 15) is 13.2 Å². The number of carbonyl (C=O) groups is 1. The number of amides is 1. The number of halogens is 1. The summed E-state index contributed by atoms with van der Waals surface area (Å²) in [6.07, 6.45) is 3.05. The van der Waals surface area contributed by atoms with E-state index in [1.165, 1.54) is 5.56 Å². The van der Waals surface area contributed by atoms with Crippen LogP contribution in [0, 0.1) is 6.92 Å². The van der Waals surface area contributed by atoms with Gasteiger partial charge >= 0.3 is 0 Å². The molecule has 0 aliphatic carbocycles. The van der Waals surface area contributed by atoms with E-state index in [1.54, 1.807) is 25.1 Å². The van der Waals surface area contributed by atoms with E-state index >= 15 is 0 Å². The van der Waals surface area contributed by atoms with Gasteiger partial charge in [-0.05, 0) is 56.4 Å². The Morgan fingerprint density at radius 2 is 1.83 bits per heavy atom. The molecule has 0 aliphatic heterocycles. The molecule has 0 radical (unpaired) electrons. The van der Waals surface area contributed by atoms with Crippen molar-refractivity contribution in [2.45, 2.75) is 52.1 Å². The first kappa shape index (κ1) is 23.2. The normalized spacial score (nSPS) is 13.6. The van der Waals surface area contributed by atoms with Crippen LogP contribution in [0.2, 0.25) is 5.02 Å². The van der Waals surface area contributed by atoms with Gasteiger partial charge in [0.1, 0.15) is 6.04 Å². The summed E-state index contributed by atoms with van der Waals surface area (Å²) in [5, 5.41) is 3.43. The molecule has 0 bridgehead atoms. The standard InChI is InChI=1S/C22H29ClN2O3S/c1-5-21(22(26)24-17(3)12-13-18-9-7-6-8-10-18)25(29(4,27)28)19-14-11-16(2)20(23)15-19/h6-11,14-15,17,21H,5,12-13H2,1-4H3,(H,24,26). The Balaban J connectivity index is 2.16. The van der Waals surface area contributed by atoms with Crippen LogP contribution in [0.5, 0.6) is 0 Å². The van der Waals surface area contributed by atoms with Crippen LogP contribution in [0.1, 0.15) is 37.8 Å². The van der Waals surface area contributed by atoms with Crippen molar-refractivity contribution in [1.82, 2.24) is 5.32 Å². The lowest BCUT2D eigenvalue weighted by atomic mass is 10.1. The smallest absolute Gasteiger partial charge is 0.244 e. The van der Waals surface area contributed by atoms with Gasteiger partial charge in [0.2, 0.25) is 15.9 Å². The average Bonchev–Trinajstić information content (AvgIpc) is 2.66. The van der Waals surface area contributed by atoms with Crippen LogP contribution in [0.3, 0.4) is 0 Å². The lowest BCUT2D eigenvalue weighted by Crippen LogP contribution is -2.51. The number of sulfonamides is 1. The summed E-state index contributed by atoms with van der Waals surface area (Å²) >= 11 is 6.20. The summed E-state index contributed by atoms with van der Waals surface area (Å²) in [6.45, 7) is 5.57. The van der Waals surface area contributed by atoms with Crippen molar-refractivity contribution in [1.29, 1.82) is 0 Å². The fraction of sp³-hybridized carbons (Fsp3) is 0.409. The summed E-state index contributed by atoms with van der Waals surface area (Å²) in [5.41, 5.74) is 2.44. The van der Waals surface area contributed by atoms with Crippen molar-refractivity contribution in [2.24, 2.45) is 0 Å². The highest BCUT2D eigenvalue weighted by Gasteiger charge is 2.32. The number of hydrogen-bond donors (Lipinski definition) is 1. The number of carbonyl (C=O) groups excluding carboxylic acids is 1. The first-order valence-electron chi connectivity index (χ1n) is 9.73. The zero-order chi connectivity index (χ0) is 21.6. The first-order valence-corrected chi connectivity index (χ1v) is 12.0. The fourth-order valence-corrected chi connectivity index (χ4v) is 4.60. The lowest BCUT2D eigenvalue weighted by molar-refractivity contribution is -0.122. The maximum Gasteiger partial charge on any atom is 0.244 e. The van der Waals surface area contributed by atoms with Crippen molar-refractivity contribution >= 4 is 33.2 Å². The van der Waals surface area contributed by atoms with Crippen molar-refractivity contribution < 1.29 is 13.2 Å². The van der Waals surface area contributed by atoms with Crippen LogP contribution in [0.4, 0.5) is 5.69 Å². The van der Waals surface area contributed by atoms with Crippen LogP contribution in [-0.2, 0) is 21.2 Å². The molecule has 0 fully saturated rings. The number of nitrogens with one attached hydrogen (secondary N) is 1. The second-order valence-corrected chi connectivity index (χ2v) is 9.62. The number of anilines is 1. The average molecular weight is 437 g/mol. The van der Waals surface area contributed by atoms with Gasteiger partial charge in [-0.1, -0.05) is 54.9 Å². The minimum Gasteiger partial charge on any atom is -0.352 e. The molecule has 7 heteroatoms. The molecular formula is C22H29ClN2O3S. The van der Waals surface area contributed by atoms with Gasteiger partial charge in [-0.15, -0.1) is 0 Å². The SMILES string of the molecule is CCC(C(=O)NC(C)CCc1ccccc1)N(c1ccc(C)c(Cl)c1)S(C)(=O)=O. The Bertz CT molecular complexity index is 932. The second-order valence-electron chi connectivity index (χ2n) is 7.35. The third-order valence-electron chi connectivity index (χ3n) is 4.84. The van der Waals surface area contributed by atoms with Crippen molar-refractivity contribution in [3.63, 3.8) is 0 Å². The summed E-state index contributed by atoms with van der Waals surface area (Å²) in [5.74, 6) is -0.310. The molecule has 2 unspecified atom stereocenters. The zero-order valence-corrected chi connectivity index (χ0v) is 18.9. The molecule has 2 atom stereocenters. The van der Waals surface area contributed by atoms with Crippen LogP contribution in [-0.4, -0.2) is 32.7 Å². The molecule has 0 spiro atoms. The molecule has 29 heavy (non-hydrogen) atoms. The highest BCUT2D eigenvalue weighted by atomic mass is 35.5. The predicted molar refractivity (Wildman–Crippen MR) is 120 cm³/mol. The van der Waals surface area contributed by atoms with Gasteiger partial charge in [-0.25, -0.2) is 8.42 Å². The first-order chi connectivity index (χ1) is 13.6. The van der Waals surface area contributed by atoms with E-state index in [2.05, 4.69) is 17.4 Å². The van der Waals surface area contributed by atoms with Gasteiger partial charge in [-0.3, -0.25) is 9.10 Å². The Morgan fingerprint density at radius 1 is 1.17 bits per heavy atom. The highest BCUT2D eigenvalue weighted by molar-refractivity contribution is 7.92. The summed E-state index contributed by atoms with van der Waals surface area (Å²) < 4.78 is 26.2. The van der Waals surface area contributed by atoms with E-state index in [-0.39, 0.29) is 11.9 Å². The van der Waals surface area contributed by atoms with Gasteiger partial charge in [-0.2, -0.15) is 0 Å². The van der Waals surface area contributed by atoms with Crippen LogP contribution in [0.25, 0.3) is 0 Å². The van der Waals surface area contributed by atoms with E-state index in [0.29, 0.717) is 17.1 Å². The maximum atomic E-state index is 13.0. The summed E-state index contributed by atoms with van der Waals surface area (Å²) in [7, 11) is -3.68. The van der Waals surface area contributed by atoms with E-state index in [0.717, 1.165) is 29.0 Å². The molecule has 158 valence electrons. The monoisotopic (exact) mass is 436 g/mol. The molecule has 0 saturated heterocycles. The van der Waals surface area contributed by atoms with E-state index < -0.39 is 16.1 Å². The molecule has 0 heterocycles. The molecule has 2 aromatic carbocycles. The van der Waals surface area contributed by atoms with Crippen molar-refractivity contribution in [3.8, 4) is 0 Å². The third-order valence-corrected chi connectivity index (χ3v) is 6.42. The Hall–Kier alpha value is -2.05. The van der Waals surface area contributed by atoms with Gasteiger partial charge in [0, 0.05) is 11.1 Å². The van der Waals surface area contributed by atoms with Crippen molar-refractivity contribution in [2.75, 3.05) is 10.6 Å². The predicted octanol–water partition coefficient (Wildman–Crippen LogP) is 4.33. The molecule has 5 nitrogen and oxygen atoms in total. The molecule has 0 aliphatic rings. The Kier molecular flexibility index (Phi) is 8.11. The summed E-state index contributed by atoms with van der Waals surface area (Å²) in [4.78, 5) is 13.0. The Labute approximate surface area is 179 Å². The van der Waals surface area contributed by atoms with Gasteiger partial charge in [0.05, 0.1) is 11.9 Å². The maximum absolute atomic E-state index is 13.0. The van der Waals surface area contributed by atoms with Gasteiger partial charge in [0.25, 0.3) is 0 Å². The number of nitrogens with zero attached hydrogens (tertiary/aromatic N) is 1. The molecule has 2 aromatic rings. The number of hydrogen-bond acceptors (Lipinski definition) is 3. The molecule has 1 N–H and O–H groups in total. The van der Waals surface area contributed by atoms with Crippen LogP contribution < -0.4 is 9.62 Å². The van der Waals surface area contributed by atoms with Crippen LogP contribution >= 0.6 is 11.6 Å². The minimum absolute atomic E-state index is 0.0835. The number of rotatable bonds is 9. The number of benzene rings is 2. The molecule has 1 amide bonds. The lowest BCUT2D eigenvalue weighted by Gasteiger charge is -2.31. The minimum atomic E-state index is -3.68. The topological polar surface area (TPSA) is 66.5 Å². The molecule has 0 saturated carbocycles. The van der Waals surface area contributed by atoms with Crippen LogP contribution in [0.15, 0.2) is 48.5 Å². The second kappa shape index (κ2) is 10.1. The zero-order valence-electron chi connectivity index (χ0n) is 17.4. The molecule has 0 aromatic heterocycles. The van der Waals surface area contributed by atoms with Crippen molar-refractivity contribution in [3.05, 3.63) is 64.7 Å². The van der Waals surface area contributed by atoms with Gasteiger partial charge in [0.15, 0.2) is 0 Å². The number of aryl methyl sites for hydroxylation is 2. The summed E-state index contributed by atoms with van der Waals surface area (Å²) in [6, 6.07) is 14.1. The quantitative estimate of drug-likeness (QED) is 0.636. The molecular weight excluding hydrogens is 408 g/mol. The third kappa shape index (κ3) is 6.47. The fourth-order valence-electron chi connectivity index (χ4n) is 3.22. The van der Waals surface area contributed by atoms with E-state index in [4.69, 9.17) is 11.6 Å². The van der Waals surface area contributed by atoms with Gasteiger partial charge < -0.3 is 5.32 Å². The largest absolute Gasteiger partial charge is 0.352 e. The molecule has 2 rings (SSSR count). The van der Waals surface area contributed by atoms with E-state index in [1.807, 2.05) is 32.0 Å². The Morgan fingerprint density at radius 3 is 2.38 bits per heavy atom.